The van der Waals surface area contributed by atoms with Crippen LogP contribution in [-0.4, -0.2) is 25.6 Å². The number of hydrogen-bond donors (Lipinski definition) is 0. The van der Waals surface area contributed by atoms with E-state index in [2.05, 4.69) is 13.8 Å². The molecule has 0 fully saturated rings. The van der Waals surface area contributed by atoms with E-state index in [1.165, 1.54) is 16.8 Å². The SMILES string of the molecule is CCn1cc(S(=O)(=O)Cl)cc1C(=O)OCCCC(C)C. The van der Waals surface area contributed by atoms with Crippen LogP contribution in [0.3, 0.4) is 0 Å². The molecule has 0 aliphatic rings. The Labute approximate surface area is 124 Å². The van der Waals surface area contributed by atoms with Gasteiger partial charge in [0, 0.05) is 23.4 Å². The molecule has 5 nitrogen and oxygen atoms in total. The van der Waals surface area contributed by atoms with Gasteiger partial charge >= 0.3 is 5.97 Å². The van der Waals surface area contributed by atoms with Crippen LogP contribution in [-0.2, 0) is 20.3 Å². The fourth-order valence-corrected chi connectivity index (χ4v) is 2.54. The highest BCUT2D eigenvalue weighted by Crippen LogP contribution is 2.19. The smallest absolute Gasteiger partial charge is 0.354 e. The first-order chi connectivity index (χ1) is 9.25. The average molecular weight is 322 g/mol. The van der Waals surface area contributed by atoms with Crippen molar-refractivity contribution in [1.29, 1.82) is 0 Å². The number of hydrogen-bond acceptors (Lipinski definition) is 4. The van der Waals surface area contributed by atoms with Gasteiger partial charge < -0.3 is 9.30 Å². The summed E-state index contributed by atoms with van der Waals surface area (Å²) in [6.45, 7) is 6.79. The summed E-state index contributed by atoms with van der Waals surface area (Å²) in [5, 5.41) is 0. The van der Waals surface area contributed by atoms with Gasteiger partial charge in [-0.2, -0.15) is 0 Å². The Bertz CT molecular complexity index is 563. The van der Waals surface area contributed by atoms with E-state index in [1.54, 1.807) is 6.92 Å². The summed E-state index contributed by atoms with van der Waals surface area (Å²) in [4.78, 5) is 11.8. The molecule has 0 atom stereocenters. The van der Waals surface area contributed by atoms with Crippen molar-refractivity contribution in [3.8, 4) is 0 Å². The van der Waals surface area contributed by atoms with Gasteiger partial charge in [0.25, 0.3) is 9.05 Å². The van der Waals surface area contributed by atoms with E-state index >= 15 is 0 Å². The summed E-state index contributed by atoms with van der Waals surface area (Å²) in [7, 11) is 1.43. The maximum absolute atomic E-state index is 11.9. The van der Waals surface area contributed by atoms with Gasteiger partial charge in [0.15, 0.2) is 0 Å². The lowest BCUT2D eigenvalue weighted by Crippen LogP contribution is -2.12. The normalized spacial score (nSPS) is 11.8. The monoisotopic (exact) mass is 321 g/mol. The van der Waals surface area contributed by atoms with E-state index in [4.69, 9.17) is 15.4 Å². The number of ether oxygens (including phenoxy) is 1. The zero-order valence-corrected chi connectivity index (χ0v) is 13.5. The highest BCUT2D eigenvalue weighted by Gasteiger charge is 2.20. The molecule has 0 saturated carbocycles. The molecule has 0 N–H and O–H groups in total. The van der Waals surface area contributed by atoms with Gasteiger partial charge in [-0.1, -0.05) is 13.8 Å². The van der Waals surface area contributed by atoms with Gasteiger partial charge in [-0.3, -0.25) is 0 Å². The molecule has 0 spiro atoms. The second kappa shape index (κ2) is 7.13. The van der Waals surface area contributed by atoms with Gasteiger partial charge in [0.2, 0.25) is 0 Å². The van der Waals surface area contributed by atoms with Crippen molar-refractivity contribution in [2.75, 3.05) is 6.61 Å². The summed E-state index contributed by atoms with van der Waals surface area (Å²) in [6, 6.07) is 1.25. The Morgan fingerprint density at radius 2 is 2.10 bits per heavy atom. The zero-order chi connectivity index (χ0) is 15.3. The molecule has 0 radical (unpaired) electrons. The molecule has 0 aromatic carbocycles. The summed E-state index contributed by atoms with van der Waals surface area (Å²) in [5.41, 5.74) is 0.205. The molecule has 0 unspecified atom stereocenters. The molecule has 1 rings (SSSR count). The van der Waals surface area contributed by atoms with E-state index in [-0.39, 0.29) is 10.6 Å². The van der Waals surface area contributed by atoms with E-state index in [9.17, 15) is 13.2 Å². The predicted molar refractivity (Wildman–Crippen MR) is 77.5 cm³/mol. The van der Waals surface area contributed by atoms with Crippen molar-refractivity contribution in [3.63, 3.8) is 0 Å². The van der Waals surface area contributed by atoms with Crippen molar-refractivity contribution in [2.45, 2.75) is 45.1 Å². The molecule has 7 heteroatoms. The number of carbonyl (C=O) groups excluding carboxylic acids is 1. The second-order valence-corrected chi connectivity index (χ2v) is 7.52. The number of halogens is 1. The molecule has 0 aliphatic carbocycles. The lowest BCUT2D eigenvalue weighted by molar-refractivity contribution is 0.0482. The van der Waals surface area contributed by atoms with Crippen LogP contribution in [0.4, 0.5) is 0 Å². The Balaban J connectivity index is 2.75. The topological polar surface area (TPSA) is 65.4 Å². The summed E-state index contributed by atoms with van der Waals surface area (Å²) in [6.07, 6.45) is 3.10. The Morgan fingerprint density at radius 3 is 2.60 bits per heavy atom. The fourth-order valence-electron chi connectivity index (χ4n) is 1.78. The molecule has 20 heavy (non-hydrogen) atoms. The van der Waals surface area contributed by atoms with E-state index < -0.39 is 15.0 Å². The zero-order valence-electron chi connectivity index (χ0n) is 11.9. The van der Waals surface area contributed by atoms with Crippen molar-refractivity contribution in [1.82, 2.24) is 4.57 Å². The van der Waals surface area contributed by atoms with Gasteiger partial charge in [0.1, 0.15) is 10.6 Å². The molecule has 0 saturated heterocycles. The third-order valence-corrected chi connectivity index (χ3v) is 4.18. The van der Waals surface area contributed by atoms with Gasteiger partial charge in [-0.25, -0.2) is 13.2 Å². The van der Waals surface area contributed by atoms with Crippen LogP contribution < -0.4 is 0 Å². The Kier molecular flexibility index (Phi) is 6.07. The Hall–Kier alpha value is -1.01. The van der Waals surface area contributed by atoms with Crippen molar-refractivity contribution < 1.29 is 17.9 Å². The van der Waals surface area contributed by atoms with Gasteiger partial charge in [0.05, 0.1) is 6.61 Å². The molecule has 114 valence electrons. The number of carbonyl (C=O) groups is 1. The van der Waals surface area contributed by atoms with Crippen molar-refractivity contribution in [3.05, 3.63) is 18.0 Å². The van der Waals surface area contributed by atoms with Crippen molar-refractivity contribution in [2.24, 2.45) is 5.92 Å². The van der Waals surface area contributed by atoms with Crippen LogP contribution in [0.2, 0.25) is 0 Å². The molecular weight excluding hydrogens is 302 g/mol. The maximum atomic E-state index is 11.9. The largest absolute Gasteiger partial charge is 0.461 e. The lowest BCUT2D eigenvalue weighted by atomic mass is 10.1. The van der Waals surface area contributed by atoms with Crippen molar-refractivity contribution >= 4 is 25.7 Å². The molecule has 1 aromatic rings. The average Bonchev–Trinajstić information content (AvgIpc) is 2.78. The van der Waals surface area contributed by atoms with Crippen LogP contribution in [0.1, 0.15) is 44.1 Å². The molecule has 1 heterocycles. The number of nitrogens with zero attached hydrogens (tertiary/aromatic N) is 1. The standard InChI is InChI=1S/C13H20ClNO4S/c1-4-15-9-11(20(14,17)18)8-12(15)13(16)19-7-5-6-10(2)3/h8-10H,4-7H2,1-3H3. The first kappa shape index (κ1) is 17.0. The van der Waals surface area contributed by atoms with E-state index in [1.807, 2.05) is 0 Å². The van der Waals surface area contributed by atoms with Crippen LogP contribution in [0.15, 0.2) is 17.2 Å². The van der Waals surface area contributed by atoms with Crippen LogP contribution >= 0.6 is 10.7 Å². The predicted octanol–water partition coefficient (Wildman–Crippen LogP) is 3.03. The first-order valence-electron chi connectivity index (χ1n) is 6.57. The quantitative estimate of drug-likeness (QED) is 0.440. The minimum absolute atomic E-state index is 0.0878. The first-order valence-corrected chi connectivity index (χ1v) is 8.88. The third kappa shape index (κ3) is 4.83. The van der Waals surface area contributed by atoms with E-state index in [0.29, 0.717) is 19.1 Å². The summed E-state index contributed by atoms with van der Waals surface area (Å²) < 4.78 is 29.2. The second-order valence-electron chi connectivity index (χ2n) is 4.96. The summed E-state index contributed by atoms with van der Waals surface area (Å²) >= 11 is 0. The minimum Gasteiger partial charge on any atom is -0.461 e. The van der Waals surface area contributed by atoms with Gasteiger partial charge in [-0.05, 0) is 31.7 Å². The van der Waals surface area contributed by atoms with Crippen LogP contribution in [0.5, 0.6) is 0 Å². The number of rotatable bonds is 7. The van der Waals surface area contributed by atoms with Crippen LogP contribution in [0, 0.1) is 5.92 Å². The minimum atomic E-state index is -3.84. The molecule has 0 bridgehead atoms. The van der Waals surface area contributed by atoms with E-state index in [0.717, 1.165) is 12.8 Å². The van der Waals surface area contributed by atoms with Crippen LogP contribution in [0.25, 0.3) is 0 Å². The third-order valence-electron chi connectivity index (χ3n) is 2.86. The molecule has 0 amide bonds. The van der Waals surface area contributed by atoms with Gasteiger partial charge in [-0.15, -0.1) is 0 Å². The Morgan fingerprint density at radius 1 is 1.45 bits per heavy atom. The molecular formula is C13H20ClNO4S. The summed E-state index contributed by atoms with van der Waals surface area (Å²) in [5.74, 6) is 0.0309. The highest BCUT2D eigenvalue weighted by atomic mass is 35.7. The number of aromatic nitrogens is 1. The fraction of sp³-hybridized carbons (Fsp3) is 0.615. The lowest BCUT2D eigenvalue weighted by Gasteiger charge is -2.08. The number of aryl methyl sites for hydroxylation is 1. The highest BCUT2D eigenvalue weighted by molar-refractivity contribution is 8.13. The molecule has 0 aliphatic heterocycles. The maximum Gasteiger partial charge on any atom is 0.354 e. The number of esters is 1. The molecule has 1 aromatic heterocycles.